The third-order valence-corrected chi connectivity index (χ3v) is 6.34. The van der Waals surface area contributed by atoms with Crippen molar-refractivity contribution in [2.24, 2.45) is 0 Å². The van der Waals surface area contributed by atoms with Gasteiger partial charge in [-0.2, -0.15) is 0 Å². The highest BCUT2D eigenvalue weighted by Crippen LogP contribution is 2.43. The molecule has 0 spiro atoms. The first-order chi connectivity index (χ1) is 20.2. The van der Waals surface area contributed by atoms with Crippen molar-refractivity contribution < 1.29 is 42.9 Å². The van der Waals surface area contributed by atoms with Crippen LogP contribution in [0.2, 0.25) is 0 Å². The zero-order valence-electron chi connectivity index (χ0n) is 23.8. The van der Waals surface area contributed by atoms with Gasteiger partial charge in [-0.3, -0.25) is 0 Å². The van der Waals surface area contributed by atoms with Crippen LogP contribution in [0.25, 0.3) is 0 Å². The number of rotatable bonds is 12. The molecular formula is C31H32BrNO9. The highest BCUT2D eigenvalue weighted by atomic mass is 79.9. The average molecular weight is 642 g/mol. The minimum Gasteiger partial charge on any atom is -0.464 e. The molecule has 0 aliphatic carbocycles. The van der Waals surface area contributed by atoms with Gasteiger partial charge in [-0.25, -0.2) is 19.2 Å². The van der Waals surface area contributed by atoms with Crippen LogP contribution >= 0.6 is 15.9 Å². The largest absolute Gasteiger partial charge is 0.464 e. The van der Waals surface area contributed by atoms with Crippen molar-refractivity contribution in [1.29, 1.82) is 0 Å². The molecule has 42 heavy (non-hydrogen) atoms. The molecule has 0 atom stereocenters. The van der Waals surface area contributed by atoms with E-state index in [9.17, 15) is 19.2 Å². The number of carbonyl (C=O) groups excluding carboxylic acids is 4. The third kappa shape index (κ3) is 8.10. The van der Waals surface area contributed by atoms with Gasteiger partial charge in [0, 0.05) is 28.1 Å². The van der Waals surface area contributed by atoms with Gasteiger partial charge in [-0.1, -0.05) is 15.9 Å². The molecule has 0 fully saturated rings. The second kappa shape index (κ2) is 15.6. The van der Waals surface area contributed by atoms with Gasteiger partial charge < -0.3 is 28.6 Å². The first-order valence-corrected chi connectivity index (χ1v) is 14.2. The summed E-state index contributed by atoms with van der Waals surface area (Å²) < 4.78 is 27.2. The lowest BCUT2D eigenvalue weighted by molar-refractivity contribution is -0.140. The third-order valence-electron chi connectivity index (χ3n) is 5.85. The molecule has 2 aromatic rings. The molecule has 0 saturated carbocycles. The number of esters is 4. The highest BCUT2D eigenvalue weighted by Gasteiger charge is 2.37. The summed E-state index contributed by atoms with van der Waals surface area (Å²) in [6, 6.07) is 11.6. The van der Waals surface area contributed by atoms with E-state index in [0.717, 1.165) is 6.08 Å². The summed E-state index contributed by atoms with van der Waals surface area (Å²) in [6.07, 6.45) is 5.42. The number of carbonyl (C=O) groups is 4. The minimum atomic E-state index is -0.957. The van der Waals surface area contributed by atoms with Crippen LogP contribution in [0.3, 0.4) is 0 Å². The summed E-state index contributed by atoms with van der Waals surface area (Å²) in [4.78, 5) is 52.3. The number of benzene rings is 2. The monoisotopic (exact) mass is 641 g/mol. The van der Waals surface area contributed by atoms with Gasteiger partial charge in [0.05, 0.1) is 61.4 Å². The minimum absolute atomic E-state index is 0.0969. The van der Waals surface area contributed by atoms with Gasteiger partial charge >= 0.3 is 23.9 Å². The molecular weight excluding hydrogens is 610 g/mol. The van der Waals surface area contributed by atoms with Crippen molar-refractivity contribution in [3.05, 3.63) is 93.9 Å². The SMILES string of the molecule is CCOC(=O)/C=C/Oc1ccc(Br)cc1C1C(C(=O)OCC)=CN(c2ccc(C(=O)OCC)cc2)C=C1C(=O)OCC. The van der Waals surface area contributed by atoms with Crippen LogP contribution in [0.1, 0.15) is 49.5 Å². The molecule has 0 saturated heterocycles. The van der Waals surface area contributed by atoms with Crippen molar-refractivity contribution >= 4 is 45.5 Å². The number of hydrogen-bond donors (Lipinski definition) is 0. The normalized spacial score (nSPS) is 13.2. The van der Waals surface area contributed by atoms with E-state index in [1.165, 1.54) is 6.26 Å². The van der Waals surface area contributed by atoms with Gasteiger partial charge in [0.1, 0.15) is 5.75 Å². The molecule has 10 nitrogen and oxygen atoms in total. The number of halogens is 1. The summed E-state index contributed by atoms with van der Waals surface area (Å²) in [7, 11) is 0. The van der Waals surface area contributed by atoms with Gasteiger partial charge in [0.25, 0.3) is 0 Å². The molecule has 0 bridgehead atoms. The summed E-state index contributed by atoms with van der Waals surface area (Å²) >= 11 is 3.46. The first-order valence-electron chi connectivity index (χ1n) is 13.4. The quantitative estimate of drug-likeness (QED) is 0.126. The highest BCUT2D eigenvalue weighted by molar-refractivity contribution is 9.10. The van der Waals surface area contributed by atoms with E-state index in [0.29, 0.717) is 21.3 Å². The van der Waals surface area contributed by atoms with Crippen LogP contribution in [-0.4, -0.2) is 50.3 Å². The lowest BCUT2D eigenvalue weighted by Gasteiger charge is -2.31. The molecule has 1 aliphatic rings. The average Bonchev–Trinajstić information content (AvgIpc) is 2.98. The summed E-state index contributed by atoms with van der Waals surface area (Å²) in [5.74, 6) is -3.04. The molecule has 11 heteroatoms. The Morgan fingerprint density at radius 2 is 1.31 bits per heavy atom. The second-order valence-electron chi connectivity index (χ2n) is 8.57. The van der Waals surface area contributed by atoms with Crippen LogP contribution in [0, 0.1) is 0 Å². The van der Waals surface area contributed by atoms with Gasteiger partial charge in [0.2, 0.25) is 0 Å². The maximum Gasteiger partial charge on any atom is 0.338 e. The Balaban J connectivity index is 2.15. The lowest BCUT2D eigenvalue weighted by atomic mass is 9.82. The Labute approximate surface area is 252 Å². The Morgan fingerprint density at radius 3 is 1.86 bits per heavy atom. The summed E-state index contributed by atoms with van der Waals surface area (Å²) in [5, 5.41) is 0. The Kier molecular flexibility index (Phi) is 11.9. The van der Waals surface area contributed by atoms with Crippen LogP contribution in [0.15, 0.2) is 82.8 Å². The van der Waals surface area contributed by atoms with Crippen LogP contribution in [0.5, 0.6) is 5.75 Å². The van der Waals surface area contributed by atoms with Gasteiger partial charge in [-0.15, -0.1) is 0 Å². The zero-order valence-corrected chi connectivity index (χ0v) is 25.3. The smallest absolute Gasteiger partial charge is 0.338 e. The van der Waals surface area contributed by atoms with E-state index in [1.54, 1.807) is 87.5 Å². The van der Waals surface area contributed by atoms with Crippen LogP contribution < -0.4 is 9.64 Å². The predicted octanol–water partition coefficient (Wildman–Crippen LogP) is 5.58. The van der Waals surface area contributed by atoms with Crippen LogP contribution in [0.4, 0.5) is 5.69 Å². The van der Waals surface area contributed by atoms with Crippen molar-refractivity contribution in [3.8, 4) is 5.75 Å². The van der Waals surface area contributed by atoms with E-state index in [1.807, 2.05) is 0 Å². The molecule has 222 valence electrons. The molecule has 0 aromatic heterocycles. The fraction of sp³-hybridized carbons (Fsp3) is 0.290. The molecule has 0 unspecified atom stereocenters. The topological polar surface area (TPSA) is 118 Å². The van der Waals surface area contributed by atoms with Crippen molar-refractivity contribution in [2.75, 3.05) is 31.3 Å². The first kappa shape index (κ1) is 32.1. The standard InChI is InChI=1S/C31H32BrNO9/c1-5-38-27(34)15-16-42-26-14-11-21(32)17-23(26)28-24(30(36)40-7-3)18-33(19-25(28)31(37)41-8-4)22-12-9-20(10-13-22)29(35)39-6-2/h9-19,28H,5-8H2,1-4H3/b16-15+. The Bertz CT molecular complexity index is 1360. The molecule has 1 aliphatic heterocycles. The Hall–Kier alpha value is -4.38. The molecule has 3 rings (SSSR count). The summed E-state index contributed by atoms with van der Waals surface area (Å²) in [5.41, 5.74) is 1.62. The molecule has 0 amide bonds. The summed E-state index contributed by atoms with van der Waals surface area (Å²) in [6.45, 7) is 7.41. The van der Waals surface area contributed by atoms with E-state index >= 15 is 0 Å². The van der Waals surface area contributed by atoms with Gasteiger partial charge in [0.15, 0.2) is 0 Å². The number of hydrogen-bond acceptors (Lipinski definition) is 10. The van der Waals surface area contributed by atoms with E-state index < -0.39 is 29.8 Å². The molecule has 1 heterocycles. The van der Waals surface area contributed by atoms with E-state index in [2.05, 4.69) is 15.9 Å². The lowest BCUT2D eigenvalue weighted by Crippen LogP contribution is -2.29. The fourth-order valence-corrected chi connectivity index (χ4v) is 4.48. The van der Waals surface area contributed by atoms with Crippen LogP contribution in [-0.2, 0) is 33.3 Å². The van der Waals surface area contributed by atoms with E-state index in [-0.39, 0.29) is 43.3 Å². The van der Waals surface area contributed by atoms with Crippen molar-refractivity contribution in [3.63, 3.8) is 0 Å². The molecule has 0 radical (unpaired) electrons. The van der Waals surface area contributed by atoms with Crippen molar-refractivity contribution in [1.82, 2.24) is 0 Å². The Morgan fingerprint density at radius 1 is 0.762 bits per heavy atom. The maximum atomic E-state index is 13.4. The molecule has 0 N–H and O–H groups in total. The number of ether oxygens (including phenoxy) is 5. The maximum absolute atomic E-state index is 13.4. The second-order valence-corrected chi connectivity index (χ2v) is 9.49. The predicted molar refractivity (Wildman–Crippen MR) is 158 cm³/mol. The molecule has 2 aromatic carbocycles. The zero-order chi connectivity index (χ0) is 30.6. The van der Waals surface area contributed by atoms with Gasteiger partial charge in [-0.05, 0) is 70.2 Å². The number of anilines is 1. The van der Waals surface area contributed by atoms with E-state index in [4.69, 9.17) is 23.7 Å². The van der Waals surface area contributed by atoms with Crippen molar-refractivity contribution in [2.45, 2.75) is 33.6 Å². The fourth-order valence-electron chi connectivity index (χ4n) is 4.10. The number of nitrogens with zero attached hydrogens (tertiary/aromatic N) is 1.